The molecule has 0 radical (unpaired) electrons. The van der Waals surface area contributed by atoms with Crippen LogP contribution in [0, 0.1) is 0 Å². The zero-order valence-corrected chi connectivity index (χ0v) is 9.92. The molecule has 0 saturated carbocycles. The third-order valence-corrected chi connectivity index (χ3v) is 3.53. The van der Waals surface area contributed by atoms with Crippen LogP contribution in [-0.4, -0.2) is 22.0 Å². The zero-order valence-electron chi connectivity index (χ0n) is 9.10. The first kappa shape index (κ1) is 11.8. The van der Waals surface area contributed by atoms with E-state index in [0.717, 1.165) is 37.1 Å². The molecule has 1 amide bonds. The van der Waals surface area contributed by atoms with Crippen molar-refractivity contribution in [1.29, 1.82) is 0 Å². The van der Waals surface area contributed by atoms with E-state index in [1.807, 2.05) is 0 Å². The first-order chi connectivity index (χ1) is 8.15. The van der Waals surface area contributed by atoms with E-state index in [4.69, 9.17) is 5.11 Å². The van der Waals surface area contributed by atoms with Crippen molar-refractivity contribution in [2.75, 3.05) is 5.32 Å². The lowest BCUT2D eigenvalue weighted by molar-refractivity contribution is -0.131. The Bertz CT molecular complexity index is 456. The summed E-state index contributed by atoms with van der Waals surface area (Å²) in [4.78, 5) is 27.1. The van der Waals surface area contributed by atoms with E-state index in [1.165, 1.54) is 22.6 Å². The Labute approximate surface area is 102 Å². The van der Waals surface area contributed by atoms with Crippen molar-refractivity contribution >= 4 is 28.3 Å². The highest BCUT2D eigenvalue weighted by atomic mass is 32.1. The second-order valence-corrected chi connectivity index (χ2v) is 4.84. The molecule has 6 heteroatoms. The molecular formula is C11H12N2O3S. The topological polar surface area (TPSA) is 79.3 Å². The van der Waals surface area contributed by atoms with Crippen LogP contribution in [0.25, 0.3) is 0 Å². The van der Waals surface area contributed by atoms with Crippen molar-refractivity contribution in [2.24, 2.45) is 0 Å². The van der Waals surface area contributed by atoms with Gasteiger partial charge in [0.2, 0.25) is 5.91 Å². The summed E-state index contributed by atoms with van der Waals surface area (Å²) in [5.41, 5.74) is 1.07. The van der Waals surface area contributed by atoms with E-state index in [9.17, 15) is 9.59 Å². The Hall–Kier alpha value is -1.69. The molecule has 17 heavy (non-hydrogen) atoms. The van der Waals surface area contributed by atoms with Gasteiger partial charge in [0.25, 0.3) is 0 Å². The minimum Gasteiger partial charge on any atom is -0.478 e. The molecule has 0 aliphatic heterocycles. The SMILES string of the molecule is O=C(O)C=CC(=O)Nc1nc2c(s1)CCCC2. The molecule has 0 saturated heterocycles. The van der Waals surface area contributed by atoms with Crippen molar-refractivity contribution in [3.63, 3.8) is 0 Å². The standard InChI is InChI=1S/C11H12N2O3S/c14-9(5-6-10(15)16)13-11-12-7-3-1-2-4-8(7)17-11/h5-6H,1-4H2,(H,15,16)(H,12,13,14). The molecule has 0 bridgehead atoms. The fraction of sp³-hybridized carbons (Fsp3) is 0.364. The molecule has 0 fully saturated rings. The molecule has 0 unspecified atom stereocenters. The lowest BCUT2D eigenvalue weighted by Crippen LogP contribution is -2.08. The summed E-state index contributed by atoms with van der Waals surface area (Å²) < 4.78 is 0. The highest BCUT2D eigenvalue weighted by Gasteiger charge is 2.15. The maximum atomic E-state index is 11.3. The third kappa shape index (κ3) is 3.13. The minimum atomic E-state index is -1.14. The van der Waals surface area contributed by atoms with E-state index >= 15 is 0 Å². The highest BCUT2D eigenvalue weighted by molar-refractivity contribution is 7.15. The number of fused-ring (bicyclic) bond motifs is 1. The maximum Gasteiger partial charge on any atom is 0.328 e. The molecule has 0 atom stereocenters. The van der Waals surface area contributed by atoms with Crippen molar-refractivity contribution in [3.8, 4) is 0 Å². The van der Waals surface area contributed by atoms with Crippen LogP contribution in [0.4, 0.5) is 5.13 Å². The molecule has 2 rings (SSSR count). The number of aryl methyl sites for hydroxylation is 2. The number of amides is 1. The van der Waals surface area contributed by atoms with E-state index in [1.54, 1.807) is 0 Å². The number of nitrogens with zero attached hydrogens (tertiary/aromatic N) is 1. The number of carboxylic acid groups (broad SMARTS) is 1. The van der Waals surface area contributed by atoms with E-state index < -0.39 is 11.9 Å². The molecule has 5 nitrogen and oxygen atoms in total. The molecule has 1 aromatic heterocycles. The molecule has 0 spiro atoms. The summed E-state index contributed by atoms with van der Waals surface area (Å²) in [6.45, 7) is 0. The fourth-order valence-electron chi connectivity index (χ4n) is 1.70. The molecule has 1 heterocycles. The smallest absolute Gasteiger partial charge is 0.328 e. The molecule has 1 aliphatic rings. The quantitative estimate of drug-likeness (QED) is 0.801. The monoisotopic (exact) mass is 252 g/mol. The second kappa shape index (κ2) is 5.09. The first-order valence-electron chi connectivity index (χ1n) is 5.36. The molecule has 1 aromatic rings. The van der Waals surface area contributed by atoms with Gasteiger partial charge in [0.1, 0.15) is 0 Å². The normalized spacial score (nSPS) is 14.6. The number of rotatable bonds is 3. The van der Waals surface area contributed by atoms with E-state index in [-0.39, 0.29) is 0 Å². The number of aromatic nitrogens is 1. The minimum absolute atomic E-state index is 0.460. The molecule has 90 valence electrons. The van der Waals surface area contributed by atoms with Gasteiger partial charge in [-0.25, -0.2) is 9.78 Å². The average Bonchev–Trinajstić information content (AvgIpc) is 2.68. The third-order valence-electron chi connectivity index (χ3n) is 2.45. The largest absolute Gasteiger partial charge is 0.478 e. The maximum absolute atomic E-state index is 11.3. The van der Waals surface area contributed by atoms with Crippen LogP contribution in [0.2, 0.25) is 0 Å². The van der Waals surface area contributed by atoms with Crippen LogP contribution in [-0.2, 0) is 22.4 Å². The summed E-state index contributed by atoms with van der Waals surface area (Å²) in [5.74, 6) is -1.60. The summed E-state index contributed by atoms with van der Waals surface area (Å²) in [6, 6.07) is 0. The molecule has 2 N–H and O–H groups in total. The van der Waals surface area contributed by atoms with Gasteiger partial charge in [0, 0.05) is 17.0 Å². The predicted octanol–water partition coefficient (Wildman–Crippen LogP) is 1.60. The zero-order chi connectivity index (χ0) is 12.3. The number of anilines is 1. The van der Waals surface area contributed by atoms with Crippen molar-refractivity contribution in [2.45, 2.75) is 25.7 Å². The van der Waals surface area contributed by atoms with Crippen molar-refractivity contribution in [1.82, 2.24) is 4.98 Å². The van der Waals surface area contributed by atoms with Gasteiger partial charge in [0.15, 0.2) is 5.13 Å². The van der Waals surface area contributed by atoms with Crippen molar-refractivity contribution < 1.29 is 14.7 Å². The number of aliphatic carboxylic acids is 1. The number of hydrogen-bond acceptors (Lipinski definition) is 4. The van der Waals surface area contributed by atoms with E-state index in [2.05, 4.69) is 10.3 Å². The lowest BCUT2D eigenvalue weighted by atomic mass is 10.0. The Morgan fingerprint density at radius 3 is 2.76 bits per heavy atom. The van der Waals surface area contributed by atoms with Crippen LogP contribution >= 0.6 is 11.3 Å². The summed E-state index contributed by atoms with van der Waals surface area (Å²) >= 11 is 1.47. The van der Waals surface area contributed by atoms with Gasteiger partial charge in [-0.3, -0.25) is 10.1 Å². The molecular weight excluding hydrogens is 240 g/mol. The van der Waals surface area contributed by atoms with Crippen molar-refractivity contribution in [3.05, 3.63) is 22.7 Å². The Morgan fingerprint density at radius 1 is 1.29 bits per heavy atom. The number of carbonyl (C=O) groups is 2. The van der Waals surface area contributed by atoms with Gasteiger partial charge in [-0.1, -0.05) is 0 Å². The Kier molecular flexibility index (Phi) is 3.53. The lowest BCUT2D eigenvalue weighted by Gasteiger charge is -2.06. The summed E-state index contributed by atoms with van der Waals surface area (Å²) in [7, 11) is 0. The number of thiazole rings is 1. The molecule has 1 aliphatic carbocycles. The highest BCUT2D eigenvalue weighted by Crippen LogP contribution is 2.29. The summed E-state index contributed by atoms with van der Waals surface area (Å²) in [5, 5.41) is 11.5. The number of hydrogen-bond donors (Lipinski definition) is 2. The van der Waals surface area contributed by atoms with Crippen LogP contribution in [0.3, 0.4) is 0 Å². The Morgan fingerprint density at radius 2 is 2.06 bits per heavy atom. The first-order valence-corrected chi connectivity index (χ1v) is 6.17. The van der Waals surface area contributed by atoms with Gasteiger partial charge in [-0.05, 0) is 25.7 Å². The number of carboxylic acids is 1. The van der Waals surface area contributed by atoms with Gasteiger partial charge in [-0.2, -0.15) is 0 Å². The van der Waals surface area contributed by atoms with Crippen LogP contribution in [0.5, 0.6) is 0 Å². The van der Waals surface area contributed by atoms with Gasteiger partial charge in [0.05, 0.1) is 5.69 Å². The fourth-order valence-corrected chi connectivity index (χ4v) is 2.75. The predicted molar refractivity (Wildman–Crippen MR) is 64.2 cm³/mol. The number of carbonyl (C=O) groups excluding carboxylic acids is 1. The van der Waals surface area contributed by atoms with Crippen LogP contribution in [0.1, 0.15) is 23.4 Å². The number of nitrogens with one attached hydrogen (secondary N) is 1. The van der Waals surface area contributed by atoms with Gasteiger partial charge < -0.3 is 5.11 Å². The van der Waals surface area contributed by atoms with E-state index in [0.29, 0.717) is 5.13 Å². The van der Waals surface area contributed by atoms with Gasteiger partial charge >= 0.3 is 5.97 Å². The van der Waals surface area contributed by atoms with Crippen LogP contribution < -0.4 is 5.32 Å². The molecule has 0 aromatic carbocycles. The van der Waals surface area contributed by atoms with Gasteiger partial charge in [-0.15, -0.1) is 11.3 Å². The second-order valence-electron chi connectivity index (χ2n) is 3.76. The van der Waals surface area contributed by atoms with Crippen LogP contribution in [0.15, 0.2) is 12.2 Å². The summed E-state index contributed by atoms with van der Waals surface area (Å²) in [6.07, 6.45) is 6.09. The average molecular weight is 252 g/mol. The Balaban J connectivity index is 2.01.